The Kier molecular flexibility index (Phi) is 10.1. The number of aliphatic hydroxyl groups excluding tert-OH is 1. The highest BCUT2D eigenvalue weighted by atomic mass is 32.1. The molecule has 2 amide bonds. The Labute approximate surface area is 130 Å². The zero-order valence-electron chi connectivity index (χ0n) is 12.1. The fourth-order valence-corrected chi connectivity index (χ4v) is 1.90. The molecule has 0 radical (unpaired) electrons. The van der Waals surface area contributed by atoms with E-state index < -0.39 is 26.0 Å². The van der Waals surface area contributed by atoms with Gasteiger partial charge in [0.05, 0.1) is 6.61 Å². The third-order valence-electron chi connectivity index (χ3n) is 2.63. The molecule has 0 rings (SSSR count). The van der Waals surface area contributed by atoms with Crippen molar-refractivity contribution in [3.63, 3.8) is 0 Å². The number of hydrogen-bond donors (Lipinski definition) is 6. The lowest BCUT2D eigenvalue weighted by molar-refractivity contribution is -0.136. The van der Waals surface area contributed by atoms with Gasteiger partial charge in [-0.2, -0.15) is 12.6 Å². The molecule has 124 valence electrons. The van der Waals surface area contributed by atoms with E-state index in [4.69, 9.17) is 9.79 Å². The van der Waals surface area contributed by atoms with E-state index >= 15 is 0 Å². The highest BCUT2D eigenvalue weighted by Gasteiger charge is 2.34. The van der Waals surface area contributed by atoms with Gasteiger partial charge in [0, 0.05) is 30.7 Å². The van der Waals surface area contributed by atoms with Crippen molar-refractivity contribution in [2.75, 3.05) is 25.4 Å². The summed E-state index contributed by atoms with van der Waals surface area (Å²) in [6.07, 6.45) is -1.30. The van der Waals surface area contributed by atoms with Crippen LogP contribution in [0, 0.1) is 5.41 Å². The zero-order chi connectivity index (χ0) is 16.5. The fourth-order valence-electron chi connectivity index (χ4n) is 1.34. The maximum Gasteiger partial charge on any atom is 0.327 e. The minimum atomic E-state index is -2.54. The first-order chi connectivity index (χ1) is 9.70. The number of thiol groups is 1. The van der Waals surface area contributed by atoms with Gasteiger partial charge in [-0.05, 0) is 0 Å². The largest absolute Gasteiger partial charge is 0.383 e. The van der Waals surface area contributed by atoms with Crippen LogP contribution in [0.2, 0.25) is 0 Å². The summed E-state index contributed by atoms with van der Waals surface area (Å²) in [5.74, 6) is -0.332. The van der Waals surface area contributed by atoms with Crippen molar-refractivity contribution < 1.29 is 29.0 Å². The summed E-state index contributed by atoms with van der Waals surface area (Å²) >= 11 is 3.95. The molecule has 0 aromatic carbocycles. The van der Waals surface area contributed by atoms with Crippen LogP contribution in [0.5, 0.6) is 0 Å². The lowest BCUT2D eigenvalue weighted by Crippen LogP contribution is -2.46. The number of carbonyl (C=O) groups is 2. The minimum Gasteiger partial charge on any atom is -0.383 e. The summed E-state index contributed by atoms with van der Waals surface area (Å²) in [6, 6.07) is 0. The van der Waals surface area contributed by atoms with Crippen LogP contribution in [0.4, 0.5) is 0 Å². The SMILES string of the molecule is CC(C)(COP(O)O)[C@@H](O)C(=O)NCCC(=O)NCCS. The Bertz CT molecular complexity index is 343. The highest BCUT2D eigenvalue weighted by Crippen LogP contribution is 2.30. The molecule has 21 heavy (non-hydrogen) atoms. The molecule has 0 aliphatic rings. The predicted octanol–water partition coefficient (Wildman–Crippen LogP) is -0.846. The van der Waals surface area contributed by atoms with Crippen molar-refractivity contribution >= 4 is 33.0 Å². The van der Waals surface area contributed by atoms with Crippen LogP contribution in [0.3, 0.4) is 0 Å². The monoisotopic (exact) mass is 342 g/mol. The number of amides is 2. The maximum atomic E-state index is 11.7. The van der Waals surface area contributed by atoms with E-state index in [0.717, 1.165) is 0 Å². The number of aliphatic hydroxyl groups is 1. The average Bonchev–Trinajstić information content (AvgIpc) is 2.42. The molecular weight excluding hydrogens is 319 g/mol. The average molecular weight is 342 g/mol. The molecule has 0 aromatic rings. The highest BCUT2D eigenvalue weighted by molar-refractivity contribution is 7.80. The zero-order valence-corrected chi connectivity index (χ0v) is 13.9. The third kappa shape index (κ3) is 9.23. The number of rotatable bonds is 10. The van der Waals surface area contributed by atoms with Crippen LogP contribution < -0.4 is 10.6 Å². The molecule has 0 saturated heterocycles. The van der Waals surface area contributed by atoms with Gasteiger partial charge in [-0.15, -0.1) is 0 Å². The van der Waals surface area contributed by atoms with Crippen molar-refractivity contribution in [2.24, 2.45) is 5.41 Å². The lowest BCUT2D eigenvalue weighted by atomic mass is 9.87. The van der Waals surface area contributed by atoms with Crippen LogP contribution in [0.25, 0.3) is 0 Å². The van der Waals surface area contributed by atoms with Gasteiger partial charge in [-0.3, -0.25) is 9.59 Å². The normalized spacial score (nSPS) is 13.1. The molecule has 0 saturated carbocycles. The summed E-state index contributed by atoms with van der Waals surface area (Å²) < 4.78 is 4.63. The molecule has 0 bridgehead atoms. The van der Waals surface area contributed by atoms with E-state index in [1.165, 1.54) is 0 Å². The van der Waals surface area contributed by atoms with Gasteiger partial charge >= 0.3 is 8.60 Å². The van der Waals surface area contributed by atoms with Gasteiger partial charge in [0.25, 0.3) is 0 Å². The van der Waals surface area contributed by atoms with E-state index in [1.807, 2.05) is 0 Å². The summed E-state index contributed by atoms with van der Waals surface area (Å²) in [7, 11) is -2.54. The number of nitrogens with one attached hydrogen (secondary N) is 2. The summed E-state index contributed by atoms with van der Waals surface area (Å²) in [5.41, 5.74) is -0.996. The van der Waals surface area contributed by atoms with E-state index in [9.17, 15) is 14.7 Å². The van der Waals surface area contributed by atoms with Gasteiger partial charge in [0.1, 0.15) is 6.10 Å². The maximum absolute atomic E-state index is 11.7. The van der Waals surface area contributed by atoms with Crippen molar-refractivity contribution in [3.8, 4) is 0 Å². The van der Waals surface area contributed by atoms with Crippen LogP contribution in [-0.4, -0.2) is 58.3 Å². The molecule has 0 aliphatic carbocycles. The molecule has 5 N–H and O–H groups in total. The van der Waals surface area contributed by atoms with Crippen LogP contribution in [0.1, 0.15) is 20.3 Å². The van der Waals surface area contributed by atoms with E-state index in [0.29, 0.717) is 12.3 Å². The summed E-state index contributed by atoms with van der Waals surface area (Å²) in [5, 5.41) is 14.9. The molecule has 10 heteroatoms. The van der Waals surface area contributed by atoms with Gasteiger partial charge in [-0.25, -0.2) is 0 Å². The second kappa shape index (κ2) is 10.3. The fraction of sp³-hybridized carbons (Fsp3) is 0.818. The van der Waals surface area contributed by atoms with Crippen LogP contribution in [-0.2, 0) is 14.1 Å². The van der Waals surface area contributed by atoms with Crippen LogP contribution in [0.15, 0.2) is 0 Å². The molecular formula is C11H23N2O6PS. The molecule has 0 heterocycles. The van der Waals surface area contributed by atoms with Gasteiger partial charge < -0.3 is 30.1 Å². The number of hydrogen-bond acceptors (Lipinski definition) is 7. The Balaban J connectivity index is 4.11. The molecule has 0 aliphatic heterocycles. The second-order valence-corrected chi connectivity index (χ2v) is 6.24. The van der Waals surface area contributed by atoms with Crippen molar-refractivity contribution in [1.29, 1.82) is 0 Å². The van der Waals surface area contributed by atoms with E-state index in [-0.39, 0.29) is 25.5 Å². The lowest BCUT2D eigenvalue weighted by Gasteiger charge is -2.29. The summed E-state index contributed by atoms with van der Waals surface area (Å²) in [6.45, 7) is 3.46. The molecule has 8 nitrogen and oxygen atoms in total. The number of carbonyl (C=O) groups excluding carboxylic acids is 2. The first-order valence-electron chi connectivity index (χ1n) is 6.35. The standard InChI is InChI=1S/C11H23N2O6PS/c1-11(2,7-19-20(17)18)9(15)10(16)13-4-3-8(14)12-5-6-21/h9,15,17-18,21H,3-7H2,1-2H3,(H,12,14)(H,13,16)/t9-/m0/s1. The molecule has 0 aromatic heterocycles. The van der Waals surface area contributed by atoms with Crippen molar-refractivity contribution in [2.45, 2.75) is 26.4 Å². The topological polar surface area (TPSA) is 128 Å². The smallest absolute Gasteiger partial charge is 0.327 e. The van der Waals surface area contributed by atoms with Crippen molar-refractivity contribution in [1.82, 2.24) is 10.6 Å². The Morgan fingerprint density at radius 3 is 2.43 bits per heavy atom. The molecule has 0 spiro atoms. The van der Waals surface area contributed by atoms with E-state index in [1.54, 1.807) is 13.8 Å². The van der Waals surface area contributed by atoms with E-state index in [2.05, 4.69) is 27.8 Å². The Morgan fingerprint density at radius 1 is 1.29 bits per heavy atom. The van der Waals surface area contributed by atoms with Gasteiger partial charge in [0.2, 0.25) is 11.8 Å². The van der Waals surface area contributed by atoms with Crippen molar-refractivity contribution in [3.05, 3.63) is 0 Å². The first kappa shape index (κ1) is 20.6. The Morgan fingerprint density at radius 2 is 1.90 bits per heavy atom. The first-order valence-corrected chi connectivity index (χ1v) is 8.14. The minimum absolute atomic E-state index is 0.0952. The Hall–Kier alpha value is -0.440. The van der Waals surface area contributed by atoms with Gasteiger partial charge in [0.15, 0.2) is 0 Å². The predicted molar refractivity (Wildman–Crippen MR) is 81.6 cm³/mol. The second-order valence-electron chi connectivity index (χ2n) is 5.03. The van der Waals surface area contributed by atoms with Gasteiger partial charge in [-0.1, -0.05) is 13.8 Å². The van der Waals surface area contributed by atoms with Crippen LogP contribution >= 0.6 is 21.2 Å². The molecule has 0 unspecified atom stereocenters. The quantitative estimate of drug-likeness (QED) is 0.227. The molecule has 1 atom stereocenters. The molecule has 0 fully saturated rings. The summed E-state index contributed by atoms with van der Waals surface area (Å²) in [4.78, 5) is 40.4. The third-order valence-corrected chi connectivity index (χ3v) is 3.21.